The molecule has 2 aromatic carbocycles. The quantitative estimate of drug-likeness (QED) is 0.793. The maximum Gasteiger partial charge on any atom is 0.317 e. The Labute approximate surface area is 115 Å². The summed E-state index contributed by atoms with van der Waals surface area (Å²) in [5.41, 5.74) is 1.57. The number of benzene rings is 2. The van der Waals surface area contributed by atoms with E-state index in [1.165, 1.54) is 4.68 Å². The SMILES string of the molecule is COc1ccc(-n2nc(-c3ccccc3)oc2=N)cc1. The number of aromatic nitrogens is 2. The molecule has 1 heterocycles. The Hall–Kier alpha value is -2.82. The van der Waals surface area contributed by atoms with E-state index >= 15 is 0 Å². The van der Waals surface area contributed by atoms with Crippen molar-refractivity contribution in [1.29, 1.82) is 5.41 Å². The molecule has 5 heteroatoms. The van der Waals surface area contributed by atoms with Crippen molar-refractivity contribution in [3.05, 3.63) is 60.3 Å². The molecule has 0 radical (unpaired) electrons. The molecular weight excluding hydrogens is 254 g/mol. The van der Waals surface area contributed by atoms with E-state index in [-0.39, 0.29) is 5.68 Å². The van der Waals surface area contributed by atoms with Crippen LogP contribution in [0.4, 0.5) is 0 Å². The second kappa shape index (κ2) is 5.05. The molecule has 0 bridgehead atoms. The fourth-order valence-corrected chi connectivity index (χ4v) is 1.89. The van der Waals surface area contributed by atoms with Crippen molar-refractivity contribution in [2.24, 2.45) is 0 Å². The number of nitrogens with zero attached hydrogens (tertiary/aromatic N) is 2. The van der Waals surface area contributed by atoms with Crippen LogP contribution in [0.25, 0.3) is 17.1 Å². The summed E-state index contributed by atoms with van der Waals surface area (Å²) in [7, 11) is 1.61. The molecule has 1 N–H and O–H groups in total. The fraction of sp³-hybridized carbons (Fsp3) is 0.0667. The van der Waals surface area contributed by atoms with Crippen molar-refractivity contribution >= 4 is 0 Å². The molecule has 0 aliphatic rings. The largest absolute Gasteiger partial charge is 0.497 e. The van der Waals surface area contributed by atoms with E-state index in [9.17, 15) is 0 Å². The molecule has 5 nitrogen and oxygen atoms in total. The Kier molecular flexibility index (Phi) is 3.09. The third-order valence-electron chi connectivity index (χ3n) is 2.91. The lowest BCUT2D eigenvalue weighted by Crippen LogP contribution is -2.13. The summed E-state index contributed by atoms with van der Waals surface area (Å²) in [4.78, 5) is 0. The van der Waals surface area contributed by atoms with Gasteiger partial charge in [-0.1, -0.05) is 18.2 Å². The highest BCUT2D eigenvalue weighted by Gasteiger charge is 2.09. The van der Waals surface area contributed by atoms with E-state index in [4.69, 9.17) is 14.6 Å². The lowest BCUT2D eigenvalue weighted by molar-refractivity contribution is 0.414. The zero-order valence-electron chi connectivity index (χ0n) is 10.9. The van der Waals surface area contributed by atoms with Gasteiger partial charge < -0.3 is 9.15 Å². The minimum atomic E-state index is -0.0194. The van der Waals surface area contributed by atoms with Gasteiger partial charge >= 0.3 is 5.68 Å². The van der Waals surface area contributed by atoms with E-state index in [0.29, 0.717) is 5.89 Å². The van der Waals surface area contributed by atoms with E-state index in [1.54, 1.807) is 7.11 Å². The van der Waals surface area contributed by atoms with Crippen LogP contribution in [0.15, 0.2) is 59.0 Å². The first-order valence-electron chi connectivity index (χ1n) is 6.12. The molecule has 0 saturated carbocycles. The molecule has 0 atom stereocenters. The summed E-state index contributed by atoms with van der Waals surface area (Å²) in [6, 6.07) is 16.8. The molecule has 3 aromatic rings. The number of hydrogen-bond acceptors (Lipinski definition) is 4. The lowest BCUT2D eigenvalue weighted by atomic mass is 10.2. The Morgan fingerprint density at radius 2 is 1.75 bits per heavy atom. The van der Waals surface area contributed by atoms with Gasteiger partial charge in [0.05, 0.1) is 12.8 Å². The highest BCUT2D eigenvalue weighted by molar-refractivity contribution is 5.52. The van der Waals surface area contributed by atoms with Crippen LogP contribution in [-0.2, 0) is 0 Å². The van der Waals surface area contributed by atoms with Crippen LogP contribution in [0.1, 0.15) is 0 Å². The molecule has 100 valence electrons. The van der Waals surface area contributed by atoms with Gasteiger partial charge in [0.2, 0.25) is 5.89 Å². The van der Waals surface area contributed by atoms with Gasteiger partial charge in [-0.3, -0.25) is 0 Å². The normalized spacial score (nSPS) is 10.4. The van der Waals surface area contributed by atoms with Crippen LogP contribution in [0.2, 0.25) is 0 Å². The van der Waals surface area contributed by atoms with Crippen LogP contribution in [-0.4, -0.2) is 16.9 Å². The van der Waals surface area contributed by atoms with Crippen molar-refractivity contribution in [1.82, 2.24) is 9.78 Å². The van der Waals surface area contributed by atoms with Crippen LogP contribution in [0.3, 0.4) is 0 Å². The summed E-state index contributed by atoms with van der Waals surface area (Å²) in [6.45, 7) is 0. The van der Waals surface area contributed by atoms with Crippen LogP contribution >= 0.6 is 0 Å². The van der Waals surface area contributed by atoms with E-state index in [2.05, 4.69) is 5.10 Å². The van der Waals surface area contributed by atoms with Crippen LogP contribution < -0.4 is 10.4 Å². The lowest BCUT2D eigenvalue weighted by Gasteiger charge is -2.01. The predicted octanol–water partition coefficient (Wildman–Crippen LogP) is 2.62. The standard InChI is InChI=1S/C15H13N3O2/c1-19-13-9-7-12(8-10-13)18-15(16)20-14(17-18)11-5-3-2-4-6-11/h2-10,16H,1H3. The van der Waals surface area contributed by atoms with Gasteiger partial charge in [-0.15, -0.1) is 5.10 Å². The van der Waals surface area contributed by atoms with E-state index in [0.717, 1.165) is 17.0 Å². The molecule has 1 aromatic heterocycles. The predicted molar refractivity (Wildman–Crippen MR) is 73.7 cm³/mol. The topological polar surface area (TPSA) is 64.0 Å². The van der Waals surface area contributed by atoms with E-state index < -0.39 is 0 Å². The molecule has 0 unspecified atom stereocenters. The summed E-state index contributed by atoms with van der Waals surface area (Å²) in [5.74, 6) is 1.18. The number of rotatable bonds is 3. The molecule has 0 spiro atoms. The molecule has 0 aliphatic carbocycles. The van der Waals surface area contributed by atoms with Crippen molar-refractivity contribution in [2.45, 2.75) is 0 Å². The first-order valence-corrected chi connectivity index (χ1v) is 6.12. The number of methoxy groups -OCH3 is 1. The summed E-state index contributed by atoms with van der Waals surface area (Å²) >= 11 is 0. The summed E-state index contributed by atoms with van der Waals surface area (Å²) in [5, 5.41) is 12.2. The monoisotopic (exact) mass is 267 g/mol. The number of hydrogen-bond donors (Lipinski definition) is 1. The zero-order chi connectivity index (χ0) is 13.9. The van der Waals surface area contributed by atoms with Crippen molar-refractivity contribution in [2.75, 3.05) is 7.11 Å². The first-order chi connectivity index (χ1) is 9.78. The maximum atomic E-state index is 7.88. The summed E-state index contributed by atoms with van der Waals surface area (Å²) in [6.07, 6.45) is 0. The van der Waals surface area contributed by atoms with Gasteiger partial charge in [-0.25, -0.2) is 5.41 Å². The Morgan fingerprint density at radius 3 is 2.40 bits per heavy atom. The molecule has 0 aliphatic heterocycles. The highest BCUT2D eigenvalue weighted by Crippen LogP contribution is 2.17. The third-order valence-corrected chi connectivity index (χ3v) is 2.91. The zero-order valence-corrected chi connectivity index (χ0v) is 10.9. The van der Waals surface area contributed by atoms with Gasteiger partial charge in [-0.2, -0.15) is 4.68 Å². The highest BCUT2D eigenvalue weighted by atomic mass is 16.5. The number of nitrogens with one attached hydrogen (secondary N) is 1. The van der Waals surface area contributed by atoms with Crippen molar-refractivity contribution in [3.63, 3.8) is 0 Å². The average Bonchev–Trinajstić information content (AvgIpc) is 2.90. The number of ether oxygens (including phenoxy) is 1. The molecular formula is C15H13N3O2. The second-order valence-corrected chi connectivity index (χ2v) is 4.19. The minimum Gasteiger partial charge on any atom is -0.497 e. The Bertz CT molecular complexity index is 758. The molecule has 3 rings (SSSR count). The van der Waals surface area contributed by atoms with Crippen LogP contribution in [0.5, 0.6) is 5.75 Å². The third kappa shape index (κ3) is 2.21. The second-order valence-electron chi connectivity index (χ2n) is 4.19. The molecule has 0 amide bonds. The molecule has 20 heavy (non-hydrogen) atoms. The summed E-state index contributed by atoms with van der Waals surface area (Å²) < 4.78 is 12.0. The van der Waals surface area contributed by atoms with Gasteiger partial charge in [0.15, 0.2) is 0 Å². The Morgan fingerprint density at radius 1 is 1.05 bits per heavy atom. The van der Waals surface area contributed by atoms with Gasteiger partial charge in [-0.05, 0) is 36.4 Å². The molecule has 0 saturated heterocycles. The molecule has 0 fully saturated rings. The van der Waals surface area contributed by atoms with Crippen molar-refractivity contribution < 1.29 is 9.15 Å². The van der Waals surface area contributed by atoms with E-state index in [1.807, 2.05) is 54.6 Å². The van der Waals surface area contributed by atoms with Crippen molar-refractivity contribution in [3.8, 4) is 22.9 Å². The van der Waals surface area contributed by atoms with Gasteiger partial charge in [0.25, 0.3) is 0 Å². The minimum absolute atomic E-state index is 0.0194. The fourth-order valence-electron chi connectivity index (χ4n) is 1.89. The first kappa shape index (κ1) is 12.2. The van der Waals surface area contributed by atoms with Crippen LogP contribution in [0, 0.1) is 5.41 Å². The van der Waals surface area contributed by atoms with Gasteiger partial charge in [0, 0.05) is 5.56 Å². The Balaban J connectivity index is 2.02. The maximum absolute atomic E-state index is 7.88. The van der Waals surface area contributed by atoms with Gasteiger partial charge in [0.1, 0.15) is 5.75 Å². The average molecular weight is 267 g/mol. The smallest absolute Gasteiger partial charge is 0.317 e.